The summed E-state index contributed by atoms with van der Waals surface area (Å²) >= 11 is 0. The van der Waals surface area contributed by atoms with E-state index in [1.54, 1.807) is 84.9 Å². The summed E-state index contributed by atoms with van der Waals surface area (Å²) in [4.78, 5) is 49.9. The van der Waals surface area contributed by atoms with Gasteiger partial charge in [-0.25, -0.2) is 10.9 Å². The monoisotopic (exact) mass is 1200 g/mol. The van der Waals surface area contributed by atoms with Gasteiger partial charge in [0.15, 0.2) is 23.0 Å². The van der Waals surface area contributed by atoms with Crippen LogP contribution in [0, 0.1) is 77.3 Å². The van der Waals surface area contributed by atoms with Gasteiger partial charge in [0.25, 0.3) is 27.1 Å². The fourth-order valence-electron chi connectivity index (χ4n) is 6.82. The molecule has 0 fully saturated rings. The summed E-state index contributed by atoms with van der Waals surface area (Å²) in [7, 11) is 2.90. The fourth-order valence-corrected chi connectivity index (χ4v) is 6.82. The minimum atomic E-state index is -1.50. The van der Waals surface area contributed by atoms with Crippen molar-refractivity contribution in [2.75, 3.05) is 14.2 Å². The Morgan fingerprint density at radius 2 is 0.853 bits per heavy atom. The molecular formula is C46H43N7O21Yb+3. The molecule has 11 N–H and O–H groups in total. The summed E-state index contributed by atoms with van der Waals surface area (Å²) in [6, 6.07) is 32.0. The molecule has 2 aliphatic heterocycles. The van der Waals surface area contributed by atoms with Crippen molar-refractivity contribution >= 4 is 23.2 Å². The number of hydrogen-bond donors (Lipinski definition) is 11. The molecule has 1 radical (unpaired) electrons. The first-order valence-electron chi connectivity index (χ1n) is 20.7. The van der Waals surface area contributed by atoms with Crippen LogP contribution in [0.2, 0.25) is 0 Å². The number of rotatable bonds is 8. The number of hydrazone groups is 2. The molecule has 75 heavy (non-hydrogen) atoms. The third-order valence-corrected chi connectivity index (χ3v) is 9.81. The van der Waals surface area contributed by atoms with Crippen molar-refractivity contribution in [2.24, 2.45) is 10.2 Å². The third kappa shape index (κ3) is 18.1. The normalized spacial score (nSPS) is 14.4. The number of nitrogens with one attached hydrogen (secondary N) is 2. The molecule has 6 aromatic rings. The van der Waals surface area contributed by atoms with E-state index in [1.807, 2.05) is 0 Å². The van der Waals surface area contributed by atoms with Crippen LogP contribution in [-0.4, -0.2) is 99.0 Å². The number of carbonyl (C=O) groups excluding carboxylic acids is 2. The Labute approximate surface area is 460 Å². The number of aromatic hydroxyl groups is 6. The molecule has 8 rings (SSSR count). The van der Waals surface area contributed by atoms with E-state index in [4.69, 9.17) is 64.9 Å². The number of nitrogens with zero attached hydrogens (tertiary/aromatic N) is 5. The van der Waals surface area contributed by atoms with Gasteiger partial charge >= 0.3 is 46.9 Å². The van der Waals surface area contributed by atoms with Gasteiger partial charge < -0.3 is 65.2 Å². The van der Waals surface area contributed by atoms with Crippen LogP contribution in [0.25, 0.3) is 0 Å². The summed E-state index contributed by atoms with van der Waals surface area (Å²) in [6.45, 7) is 0. The summed E-state index contributed by atoms with van der Waals surface area (Å²) in [5.74, 6) is -0.669. The second-order valence-corrected chi connectivity index (χ2v) is 14.6. The number of fused-ring (bicyclic) bond motifs is 2. The number of carbonyl (C=O) groups is 2. The summed E-state index contributed by atoms with van der Waals surface area (Å²) in [5, 5.41) is 110. The van der Waals surface area contributed by atoms with Gasteiger partial charge in [0, 0.05) is 48.2 Å². The molecule has 29 heteroatoms. The zero-order valence-electron chi connectivity index (χ0n) is 38.5. The third-order valence-electron chi connectivity index (χ3n) is 9.81. The summed E-state index contributed by atoms with van der Waals surface area (Å²) in [6.07, 6.45) is -0.769. The molecule has 0 saturated carbocycles. The van der Waals surface area contributed by atoms with Crippen LogP contribution in [0.5, 0.6) is 57.5 Å². The summed E-state index contributed by atoms with van der Waals surface area (Å²) < 4.78 is 22.1. The van der Waals surface area contributed by atoms with Crippen molar-refractivity contribution in [1.29, 1.82) is 0 Å². The van der Waals surface area contributed by atoms with Crippen LogP contribution in [0.3, 0.4) is 0 Å². The van der Waals surface area contributed by atoms with E-state index in [1.165, 1.54) is 50.6 Å². The van der Waals surface area contributed by atoms with Crippen LogP contribution >= 0.6 is 0 Å². The van der Waals surface area contributed by atoms with Crippen molar-refractivity contribution in [3.63, 3.8) is 0 Å². The molecule has 0 aliphatic carbocycles. The molecule has 6 aromatic carbocycles. The fraction of sp³-hybridized carbons (Fsp3) is 0.130. The van der Waals surface area contributed by atoms with Gasteiger partial charge in [0.05, 0.1) is 36.8 Å². The second kappa shape index (κ2) is 28.7. The molecule has 2 atom stereocenters. The van der Waals surface area contributed by atoms with Crippen molar-refractivity contribution in [3.8, 4) is 57.5 Å². The zero-order valence-corrected chi connectivity index (χ0v) is 40.3. The first-order valence-corrected chi connectivity index (χ1v) is 20.7. The molecule has 0 saturated heterocycles. The second-order valence-electron chi connectivity index (χ2n) is 14.6. The van der Waals surface area contributed by atoms with Crippen LogP contribution in [0.1, 0.15) is 68.0 Å². The predicted molar refractivity (Wildman–Crippen MR) is 252 cm³/mol. The van der Waals surface area contributed by atoms with E-state index in [0.717, 1.165) is 0 Å². The Morgan fingerprint density at radius 1 is 0.533 bits per heavy atom. The van der Waals surface area contributed by atoms with E-state index in [9.17, 15) is 40.2 Å². The first kappa shape index (κ1) is 60.0. The number of phenols is 6. The Bertz CT molecular complexity index is 2810. The number of hydrogen-bond acceptors (Lipinski definition) is 20. The zero-order chi connectivity index (χ0) is 54.6. The molecule has 2 unspecified atom stereocenters. The van der Waals surface area contributed by atoms with E-state index < -0.39 is 39.3 Å². The van der Waals surface area contributed by atoms with Gasteiger partial charge in [-0.15, -0.1) is 30.3 Å². The Balaban J connectivity index is 0.000000322. The predicted octanol–water partition coefficient (Wildman–Crippen LogP) is 5.90. The van der Waals surface area contributed by atoms with Crippen LogP contribution in [0.4, 0.5) is 0 Å². The van der Waals surface area contributed by atoms with E-state index in [-0.39, 0.29) is 117 Å². The average Bonchev–Trinajstić information content (AvgIpc) is 3.34. The van der Waals surface area contributed by atoms with E-state index in [0.29, 0.717) is 45.2 Å². The van der Waals surface area contributed by atoms with Crippen LogP contribution in [0.15, 0.2) is 132 Å². The maximum atomic E-state index is 12.4. The quantitative estimate of drug-likeness (QED) is 0.0624. The van der Waals surface area contributed by atoms with Gasteiger partial charge in [0.2, 0.25) is 0 Å². The minimum Gasteiger partial charge on any atom is -0.508 e. The molecule has 399 valence electrons. The average molecular weight is 1200 g/mol. The van der Waals surface area contributed by atoms with Gasteiger partial charge in [-0.3, -0.25) is 9.59 Å². The smallest absolute Gasteiger partial charge is 0.508 e. The molecule has 2 aliphatic rings. The number of amides is 2. The van der Waals surface area contributed by atoms with Crippen molar-refractivity contribution in [1.82, 2.24) is 10.9 Å². The molecule has 0 aromatic heterocycles. The molecular weight excluding hydrogens is 1160 g/mol. The number of phenolic OH excluding ortho intramolecular Hbond substituents is 6. The van der Waals surface area contributed by atoms with Gasteiger partial charge in [-0.1, -0.05) is 48.5 Å². The molecule has 0 spiro atoms. The van der Waals surface area contributed by atoms with E-state index in [2.05, 4.69) is 21.1 Å². The van der Waals surface area contributed by atoms with Crippen molar-refractivity contribution in [2.45, 2.75) is 25.0 Å². The largest absolute Gasteiger partial charge is 3.00 e. The maximum absolute atomic E-state index is 12.4. The topological polar surface area (TPSA) is 431 Å². The molecule has 28 nitrogen and oxygen atoms in total. The van der Waals surface area contributed by atoms with Crippen LogP contribution < -0.4 is 29.8 Å². The van der Waals surface area contributed by atoms with E-state index >= 15 is 0 Å². The van der Waals surface area contributed by atoms with Crippen molar-refractivity contribution in [3.05, 3.63) is 185 Å². The molecule has 2 heterocycles. The maximum Gasteiger partial charge on any atom is 3.00 e. The molecule has 2 amide bonds. The number of methoxy groups -OCH3 is 2. The van der Waals surface area contributed by atoms with Gasteiger partial charge in [0.1, 0.15) is 46.7 Å². The van der Waals surface area contributed by atoms with Gasteiger partial charge in [-0.2, -0.15) is 10.2 Å². The Hall–Kier alpha value is -9.28. The Morgan fingerprint density at radius 3 is 1.15 bits per heavy atom. The Kier molecular flexibility index (Phi) is 23.0. The standard InChI is InChI=1S/2C23H20N2O6.3HNO3.Yb/c2*1-30-19-8-7-14(9-17(19)27)20-12-16(22-18(28)10-15(26)11-21(22)31-20)24-25-23(29)13-5-3-2-4-6-13;3*2-1(3)4;/h2*2-11,20,26-28H,12H2,1H3,(H,25,29);3*(H,2,3,4);/q;;;;;+3/b2*24-16+;;;;. The van der Waals surface area contributed by atoms with Gasteiger partial charge in [-0.05, 0) is 59.7 Å². The van der Waals surface area contributed by atoms with Crippen LogP contribution in [-0.2, 0) is 0 Å². The van der Waals surface area contributed by atoms with Crippen molar-refractivity contribution < 1.29 is 137 Å². The number of ether oxygens (including phenoxy) is 4. The number of benzene rings is 6. The molecule has 0 bridgehead atoms. The summed E-state index contributed by atoms with van der Waals surface area (Å²) in [5.41, 5.74) is 8.43. The minimum absolute atomic E-state index is 0. The SMILES string of the molecule is COc1ccc(C2C/C(=N\NC(=O)c3ccccc3)c3c(O)cc(O)cc3O2)cc1O.COc1ccc(C2C/C(=N\NC(=O)c3ccccc3)c3c(O)cc(O)cc3O2)cc1O.O=[N+]([O-])O.O=[N+]([O-])O.O=[N+]([O-])O.[Yb+3]. The first-order chi connectivity index (χ1) is 35.1.